The number of hydrogen-bond acceptors (Lipinski definition) is 5. The van der Waals surface area contributed by atoms with Crippen molar-refractivity contribution in [3.8, 4) is 0 Å². The van der Waals surface area contributed by atoms with Crippen molar-refractivity contribution in [3.05, 3.63) is 59.4 Å². The predicted molar refractivity (Wildman–Crippen MR) is 77.1 cm³/mol. The molecule has 3 rings (SSSR count). The molecule has 5 heteroatoms. The lowest BCUT2D eigenvalue weighted by Gasteiger charge is -1.97. The van der Waals surface area contributed by atoms with Gasteiger partial charge in [0, 0.05) is 18.0 Å². The summed E-state index contributed by atoms with van der Waals surface area (Å²) < 4.78 is 0.951. The Labute approximate surface area is 119 Å². The van der Waals surface area contributed by atoms with E-state index in [2.05, 4.69) is 9.97 Å². The first kappa shape index (κ1) is 12.6. The van der Waals surface area contributed by atoms with Gasteiger partial charge >= 0.3 is 0 Å². The van der Waals surface area contributed by atoms with Crippen molar-refractivity contribution in [3.63, 3.8) is 0 Å². The van der Waals surface area contributed by atoms with Crippen molar-refractivity contribution in [1.82, 2.24) is 9.97 Å². The van der Waals surface area contributed by atoms with Crippen molar-refractivity contribution in [2.45, 2.75) is 6.42 Å². The van der Waals surface area contributed by atoms with Gasteiger partial charge in [0.05, 0.1) is 16.6 Å². The van der Waals surface area contributed by atoms with Crippen molar-refractivity contribution in [2.75, 3.05) is 0 Å². The number of nitrogens with zero attached hydrogens (tertiary/aromatic N) is 2. The van der Waals surface area contributed by atoms with E-state index in [-0.39, 0.29) is 18.0 Å². The molecule has 0 amide bonds. The van der Waals surface area contributed by atoms with Gasteiger partial charge in [0.15, 0.2) is 16.6 Å². The SMILES string of the molecule is O=C(CC(=O)c1nc2ccccc2s1)c1ccncc1. The normalized spacial score (nSPS) is 10.6. The molecule has 2 aromatic heterocycles. The van der Waals surface area contributed by atoms with E-state index >= 15 is 0 Å². The molecule has 0 N–H and O–H groups in total. The van der Waals surface area contributed by atoms with Crippen LogP contribution in [0, 0.1) is 0 Å². The zero-order valence-corrected chi connectivity index (χ0v) is 11.3. The van der Waals surface area contributed by atoms with Crippen LogP contribution in [0.25, 0.3) is 10.2 Å². The third kappa shape index (κ3) is 2.48. The highest BCUT2D eigenvalue weighted by atomic mass is 32.1. The number of thiazole rings is 1. The summed E-state index contributed by atoms with van der Waals surface area (Å²) in [7, 11) is 0. The largest absolute Gasteiger partial charge is 0.294 e. The average Bonchev–Trinajstić information content (AvgIpc) is 2.92. The minimum absolute atomic E-state index is 0.163. The molecule has 0 aliphatic carbocycles. The van der Waals surface area contributed by atoms with Crippen molar-refractivity contribution < 1.29 is 9.59 Å². The van der Waals surface area contributed by atoms with E-state index in [4.69, 9.17) is 0 Å². The summed E-state index contributed by atoms with van der Waals surface area (Å²) in [6.07, 6.45) is 2.91. The molecule has 1 aromatic carbocycles. The number of hydrogen-bond donors (Lipinski definition) is 0. The monoisotopic (exact) mass is 282 g/mol. The number of benzene rings is 1. The van der Waals surface area contributed by atoms with E-state index < -0.39 is 0 Å². The summed E-state index contributed by atoms with van der Waals surface area (Å²) in [6, 6.07) is 10.7. The molecular weight excluding hydrogens is 272 g/mol. The maximum atomic E-state index is 12.1. The summed E-state index contributed by atoms with van der Waals surface area (Å²) in [5.41, 5.74) is 1.28. The first-order valence-corrected chi connectivity index (χ1v) is 6.88. The molecule has 0 saturated carbocycles. The Morgan fingerprint density at radius 3 is 2.50 bits per heavy atom. The molecule has 20 heavy (non-hydrogen) atoms. The Hall–Kier alpha value is -2.40. The number of Topliss-reactive ketones (excluding diaryl/α,β-unsaturated/α-hetero) is 2. The number of para-hydroxylation sites is 1. The van der Waals surface area contributed by atoms with Crippen LogP contribution in [0.5, 0.6) is 0 Å². The highest BCUT2D eigenvalue weighted by molar-refractivity contribution is 7.20. The fourth-order valence-electron chi connectivity index (χ4n) is 1.85. The molecule has 0 fully saturated rings. The lowest BCUT2D eigenvalue weighted by atomic mass is 10.1. The van der Waals surface area contributed by atoms with E-state index in [0.29, 0.717) is 10.6 Å². The second-order valence-corrected chi connectivity index (χ2v) is 5.28. The van der Waals surface area contributed by atoms with Crippen LogP contribution in [-0.2, 0) is 0 Å². The number of carbonyl (C=O) groups is 2. The van der Waals surface area contributed by atoms with E-state index in [0.717, 1.165) is 10.2 Å². The number of pyridine rings is 1. The molecule has 0 atom stereocenters. The van der Waals surface area contributed by atoms with Gasteiger partial charge in [-0.15, -0.1) is 11.3 Å². The number of ketones is 2. The maximum Gasteiger partial charge on any atom is 0.199 e. The maximum absolute atomic E-state index is 12.1. The van der Waals surface area contributed by atoms with Gasteiger partial charge in [-0.1, -0.05) is 12.1 Å². The van der Waals surface area contributed by atoms with E-state index in [1.54, 1.807) is 12.1 Å². The van der Waals surface area contributed by atoms with Gasteiger partial charge in [-0.25, -0.2) is 4.98 Å². The summed E-state index contributed by atoms with van der Waals surface area (Å²) in [6.45, 7) is 0. The van der Waals surface area contributed by atoms with Gasteiger partial charge in [0.1, 0.15) is 0 Å². The van der Waals surface area contributed by atoms with Crippen LogP contribution in [0.3, 0.4) is 0 Å². The lowest BCUT2D eigenvalue weighted by molar-refractivity contribution is 0.0894. The molecule has 0 radical (unpaired) electrons. The van der Waals surface area contributed by atoms with Gasteiger partial charge in [-0.05, 0) is 24.3 Å². The van der Waals surface area contributed by atoms with Crippen LogP contribution in [0.2, 0.25) is 0 Å². The van der Waals surface area contributed by atoms with Crippen LogP contribution in [0.15, 0.2) is 48.8 Å². The molecule has 0 spiro atoms. The second-order valence-electron chi connectivity index (χ2n) is 4.25. The Morgan fingerprint density at radius 1 is 1.00 bits per heavy atom. The molecule has 0 aliphatic rings. The topological polar surface area (TPSA) is 59.9 Å². The minimum atomic E-state index is -0.243. The smallest absolute Gasteiger partial charge is 0.199 e. The van der Waals surface area contributed by atoms with Crippen LogP contribution in [-0.4, -0.2) is 21.5 Å². The molecule has 4 nitrogen and oxygen atoms in total. The fourth-order valence-corrected chi connectivity index (χ4v) is 2.76. The Bertz CT molecular complexity index is 748. The predicted octanol–water partition coefficient (Wildman–Crippen LogP) is 3.15. The molecular formula is C15H10N2O2S. The van der Waals surface area contributed by atoms with Crippen LogP contribution < -0.4 is 0 Å². The molecule has 0 bridgehead atoms. The fraction of sp³-hybridized carbons (Fsp3) is 0.0667. The van der Waals surface area contributed by atoms with Crippen molar-refractivity contribution >= 4 is 33.1 Å². The average molecular weight is 282 g/mol. The van der Waals surface area contributed by atoms with Crippen LogP contribution in [0.4, 0.5) is 0 Å². The number of aromatic nitrogens is 2. The number of fused-ring (bicyclic) bond motifs is 1. The minimum Gasteiger partial charge on any atom is -0.294 e. The molecule has 0 unspecified atom stereocenters. The standard InChI is InChI=1S/C15H10N2O2S/c18-12(10-5-7-16-8-6-10)9-13(19)15-17-11-3-1-2-4-14(11)20-15/h1-8H,9H2. The molecule has 0 aliphatic heterocycles. The van der Waals surface area contributed by atoms with Gasteiger partial charge < -0.3 is 0 Å². The number of rotatable bonds is 4. The molecule has 0 saturated heterocycles. The van der Waals surface area contributed by atoms with E-state index in [1.807, 2.05) is 24.3 Å². The highest BCUT2D eigenvalue weighted by Gasteiger charge is 2.17. The summed E-state index contributed by atoms with van der Waals surface area (Å²) in [4.78, 5) is 32.2. The quantitative estimate of drug-likeness (QED) is 0.545. The number of carbonyl (C=O) groups excluding carboxylic acids is 2. The third-order valence-electron chi connectivity index (χ3n) is 2.86. The molecule has 2 heterocycles. The Morgan fingerprint density at radius 2 is 1.75 bits per heavy atom. The summed E-state index contributed by atoms with van der Waals surface area (Å²) >= 11 is 1.32. The van der Waals surface area contributed by atoms with E-state index in [9.17, 15) is 9.59 Å². The van der Waals surface area contributed by atoms with Crippen molar-refractivity contribution in [1.29, 1.82) is 0 Å². The zero-order chi connectivity index (χ0) is 13.9. The summed E-state index contributed by atoms with van der Waals surface area (Å²) in [5.74, 6) is -0.454. The van der Waals surface area contributed by atoms with Gasteiger partial charge in [0.25, 0.3) is 0 Å². The Balaban J connectivity index is 1.81. The first-order valence-electron chi connectivity index (χ1n) is 6.06. The summed E-state index contributed by atoms with van der Waals surface area (Å²) in [5, 5.41) is 0.383. The van der Waals surface area contributed by atoms with Crippen LogP contribution >= 0.6 is 11.3 Å². The zero-order valence-electron chi connectivity index (χ0n) is 10.4. The molecule has 3 aromatic rings. The highest BCUT2D eigenvalue weighted by Crippen LogP contribution is 2.22. The third-order valence-corrected chi connectivity index (χ3v) is 3.93. The first-order chi connectivity index (χ1) is 9.74. The van der Waals surface area contributed by atoms with Gasteiger partial charge in [0.2, 0.25) is 0 Å². The second kappa shape index (κ2) is 5.30. The van der Waals surface area contributed by atoms with Crippen molar-refractivity contribution in [2.24, 2.45) is 0 Å². The van der Waals surface area contributed by atoms with Gasteiger partial charge in [-0.2, -0.15) is 0 Å². The van der Waals surface area contributed by atoms with Gasteiger partial charge in [-0.3, -0.25) is 14.6 Å². The van der Waals surface area contributed by atoms with E-state index in [1.165, 1.54) is 23.7 Å². The Kier molecular flexibility index (Phi) is 3.35. The lowest BCUT2D eigenvalue weighted by Crippen LogP contribution is -2.08. The molecule has 98 valence electrons. The van der Waals surface area contributed by atoms with Crippen LogP contribution in [0.1, 0.15) is 26.6 Å².